The third-order valence-electron chi connectivity index (χ3n) is 2.14. The summed E-state index contributed by atoms with van der Waals surface area (Å²) in [5, 5.41) is 1.64. The Morgan fingerprint density at radius 3 is 2.80 bits per heavy atom. The van der Waals surface area contributed by atoms with Gasteiger partial charge in [-0.25, -0.2) is 0 Å². The van der Waals surface area contributed by atoms with Crippen LogP contribution in [0.5, 0.6) is 0 Å². The fraction of sp³-hybridized carbons (Fsp3) is 0.333. The largest absolute Gasteiger partial charge is 0.103 e. The van der Waals surface area contributed by atoms with Crippen LogP contribution in [-0.4, -0.2) is 8.80 Å². The molecule has 1 aliphatic rings. The number of rotatable bonds is 2. The van der Waals surface area contributed by atoms with Crippen LogP contribution in [0.3, 0.4) is 0 Å². The Hall–Kier alpha value is -0.563. The standard InChI is InChI=1S/C9H14Si/c1-4-5-9-6-7-10(3)8(9)2/h4,6-7,10H,1,5H2,2-3H3. The van der Waals surface area contributed by atoms with Crippen LogP contribution in [0.1, 0.15) is 13.3 Å². The summed E-state index contributed by atoms with van der Waals surface area (Å²) in [6.07, 6.45) is 5.31. The Morgan fingerprint density at radius 1 is 1.70 bits per heavy atom. The lowest BCUT2D eigenvalue weighted by Crippen LogP contribution is -2.01. The quantitative estimate of drug-likeness (QED) is 0.419. The minimum Gasteiger partial charge on any atom is -0.103 e. The smallest absolute Gasteiger partial charge is 0.0859 e. The van der Waals surface area contributed by atoms with Crippen LogP contribution in [0.25, 0.3) is 0 Å². The second-order valence-corrected chi connectivity index (χ2v) is 5.68. The fourth-order valence-electron chi connectivity index (χ4n) is 1.21. The third kappa shape index (κ3) is 1.29. The molecule has 0 aromatic rings. The molecule has 0 spiro atoms. The second kappa shape index (κ2) is 3.02. The van der Waals surface area contributed by atoms with Crippen molar-refractivity contribution >= 4 is 8.80 Å². The van der Waals surface area contributed by atoms with E-state index in [0.29, 0.717) is 0 Å². The maximum Gasteiger partial charge on any atom is 0.0859 e. The van der Waals surface area contributed by atoms with Crippen molar-refractivity contribution in [3.63, 3.8) is 0 Å². The zero-order valence-electron chi connectivity index (χ0n) is 6.72. The maximum absolute atomic E-state index is 3.73. The molecule has 10 heavy (non-hydrogen) atoms. The SMILES string of the molecule is C=CCC1=C(C)[SiH](C)C=C1. The molecule has 1 unspecified atom stereocenters. The summed E-state index contributed by atoms with van der Waals surface area (Å²) < 4.78 is 0. The summed E-state index contributed by atoms with van der Waals surface area (Å²) in [6.45, 7) is 8.35. The normalized spacial score (nSPS) is 24.0. The monoisotopic (exact) mass is 150 g/mol. The van der Waals surface area contributed by atoms with Gasteiger partial charge in [-0.3, -0.25) is 0 Å². The van der Waals surface area contributed by atoms with Crippen molar-refractivity contribution in [3.8, 4) is 0 Å². The van der Waals surface area contributed by atoms with Crippen LogP contribution in [-0.2, 0) is 0 Å². The van der Waals surface area contributed by atoms with Gasteiger partial charge in [0.1, 0.15) is 0 Å². The minimum atomic E-state index is -0.582. The molecule has 0 radical (unpaired) electrons. The van der Waals surface area contributed by atoms with Gasteiger partial charge >= 0.3 is 0 Å². The first-order chi connectivity index (χ1) is 4.75. The van der Waals surface area contributed by atoms with E-state index in [1.807, 2.05) is 6.08 Å². The highest BCUT2D eigenvalue weighted by atomic mass is 28.3. The van der Waals surface area contributed by atoms with E-state index in [1.54, 1.807) is 5.20 Å². The van der Waals surface area contributed by atoms with E-state index >= 15 is 0 Å². The van der Waals surface area contributed by atoms with Crippen LogP contribution in [0.2, 0.25) is 6.55 Å². The van der Waals surface area contributed by atoms with Crippen molar-refractivity contribution in [2.75, 3.05) is 0 Å². The van der Waals surface area contributed by atoms with E-state index in [4.69, 9.17) is 0 Å². The molecule has 1 heteroatoms. The second-order valence-electron chi connectivity index (χ2n) is 2.85. The Balaban J connectivity index is 2.74. The molecule has 1 rings (SSSR count). The number of hydrogen-bond donors (Lipinski definition) is 0. The van der Waals surface area contributed by atoms with Gasteiger partial charge in [0.25, 0.3) is 0 Å². The van der Waals surface area contributed by atoms with Crippen molar-refractivity contribution in [2.45, 2.75) is 19.9 Å². The minimum absolute atomic E-state index is 0.582. The first kappa shape index (κ1) is 7.54. The predicted octanol–water partition coefficient (Wildman–Crippen LogP) is 2.38. The van der Waals surface area contributed by atoms with Gasteiger partial charge < -0.3 is 0 Å². The molecule has 0 bridgehead atoms. The van der Waals surface area contributed by atoms with E-state index in [-0.39, 0.29) is 0 Å². The highest BCUT2D eigenvalue weighted by molar-refractivity contribution is 6.71. The van der Waals surface area contributed by atoms with Gasteiger partial charge in [-0.05, 0) is 18.9 Å². The zero-order valence-corrected chi connectivity index (χ0v) is 7.88. The predicted molar refractivity (Wildman–Crippen MR) is 49.7 cm³/mol. The zero-order chi connectivity index (χ0) is 7.56. The molecule has 1 atom stereocenters. The molecule has 0 aromatic carbocycles. The number of allylic oxidation sites excluding steroid dienone is 4. The van der Waals surface area contributed by atoms with Gasteiger partial charge in [0.05, 0.1) is 8.80 Å². The lowest BCUT2D eigenvalue weighted by molar-refractivity contribution is 1.27. The summed E-state index contributed by atoms with van der Waals surface area (Å²) in [5.41, 5.74) is 3.89. The summed E-state index contributed by atoms with van der Waals surface area (Å²) in [4.78, 5) is 0. The van der Waals surface area contributed by atoms with Gasteiger partial charge in [0.15, 0.2) is 0 Å². The van der Waals surface area contributed by atoms with Crippen molar-refractivity contribution in [3.05, 3.63) is 35.2 Å². The first-order valence-electron chi connectivity index (χ1n) is 3.74. The van der Waals surface area contributed by atoms with Gasteiger partial charge in [0, 0.05) is 0 Å². The van der Waals surface area contributed by atoms with Crippen LogP contribution in [0.4, 0.5) is 0 Å². The van der Waals surface area contributed by atoms with Gasteiger partial charge in [-0.1, -0.05) is 29.6 Å². The molecule has 0 aliphatic carbocycles. The molecular weight excluding hydrogens is 136 g/mol. The summed E-state index contributed by atoms with van der Waals surface area (Å²) in [7, 11) is -0.582. The molecule has 0 nitrogen and oxygen atoms in total. The average molecular weight is 150 g/mol. The Bertz CT molecular complexity index is 199. The molecule has 1 aliphatic heterocycles. The first-order valence-corrected chi connectivity index (χ1v) is 6.14. The maximum atomic E-state index is 3.73. The summed E-state index contributed by atoms with van der Waals surface area (Å²) in [6, 6.07) is 0. The van der Waals surface area contributed by atoms with Crippen LogP contribution in [0, 0.1) is 0 Å². The molecule has 0 aromatic heterocycles. The van der Waals surface area contributed by atoms with Crippen molar-refractivity contribution in [1.29, 1.82) is 0 Å². The molecule has 0 amide bonds. The van der Waals surface area contributed by atoms with E-state index in [0.717, 1.165) is 6.42 Å². The Labute approximate surface area is 64.6 Å². The molecule has 1 heterocycles. The van der Waals surface area contributed by atoms with E-state index in [1.165, 1.54) is 5.57 Å². The van der Waals surface area contributed by atoms with Crippen LogP contribution >= 0.6 is 0 Å². The van der Waals surface area contributed by atoms with Crippen molar-refractivity contribution in [2.24, 2.45) is 0 Å². The van der Waals surface area contributed by atoms with E-state index < -0.39 is 8.80 Å². The van der Waals surface area contributed by atoms with E-state index in [2.05, 4.69) is 31.8 Å². The van der Waals surface area contributed by atoms with Crippen molar-refractivity contribution < 1.29 is 0 Å². The molecule has 0 saturated heterocycles. The van der Waals surface area contributed by atoms with Crippen molar-refractivity contribution in [1.82, 2.24) is 0 Å². The molecule has 0 N–H and O–H groups in total. The topological polar surface area (TPSA) is 0 Å². The third-order valence-corrected chi connectivity index (χ3v) is 4.65. The number of hydrogen-bond acceptors (Lipinski definition) is 0. The van der Waals surface area contributed by atoms with Gasteiger partial charge in [-0.15, -0.1) is 6.58 Å². The average Bonchev–Trinajstić information content (AvgIpc) is 2.20. The highest BCUT2D eigenvalue weighted by Gasteiger charge is 2.11. The highest BCUT2D eigenvalue weighted by Crippen LogP contribution is 2.20. The van der Waals surface area contributed by atoms with Gasteiger partial charge in [-0.2, -0.15) is 0 Å². The fourth-order valence-corrected chi connectivity index (χ4v) is 2.82. The van der Waals surface area contributed by atoms with E-state index in [9.17, 15) is 0 Å². The lowest BCUT2D eigenvalue weighted by Gasteiger charge is -2.01. The molecule has 54 valence electrons. The summed E-state index contributed by atoms with van der Waals surface area (Å²) >= 11 is 0. The van der Waals surface area contributed by atoms with Crippen LogP contribution in [0.15, 0.2) is 35.2 Å². The van der Waals surface area contributed by atoms with Gasteiger partial charge in [0.2, 0.25) is 0 Å². The molecule has 0 fully saturated rings. The lowest BCUT2D eigenvalue weighted by atomic mass is 10.2. The molecular formula is C9H14Si. The molecule has 0 saturated carbocycles. The Kier molecular flexibility index (Phi) is 2.28. The van der Waals surface area contributed by atoms with Crippen LogP contribution < -0.4 is 0 Å². The summed E-state index contributed by atoms with van der Waals surface area (Å²) in [5.74, 6) is 0. The Morgan fingerprint density at radius 2 is 2.40 bits per heavy atom.